The van der Waals surface area contributed by atoms with Gasteiger partial charge in [-0.05, 0) is 68.6 Å². The lowest BCUT2D eigenvalue weighted by molar-refractivity contribution is -0.0288. The molecule has 1 amide bonds. The minimum absolute atomic E-state index is 0.128. The normalized spacial score (nSPS) is 24.5. The number of halogens is 2. The number of ether oxygens (including phenoxy) is 1. The first-order valence-corrected chi connectivity index (χ1v) is 10.7. The Morgan fingerprint density at radius 2 is 1.43 bits per heavy atom. The molecule has 2 bridgehead atoms. The molecule has 3 saturated heterocycles. The van der Waals surface area contributed by atoms with Crippen LogP contribution < -0.4 is 0 Å². The molecule has 0 saturated carbocycles. The van der Waals surface area contributed by atoms with Gasteiger partial charge in [-0.1, -0.05) is 36.4 Å². The van der Waals surface area contributed by atoms with E-state index in [9.17, 15) is 13.6 Å². The van der Waals surface area contributed by atoms with Crippen LogP contribution in [0, 0.1) is 17.0 Å². The van der Waals surface area contributed by atoms with E-state index in [0.717, 1.165) is 25.1 Å². The van der Waals surface area contributed by atoms with Gasteiger partial charge < -0.3 is 14.5 Å². The van der Waals surface area contributed by atoms with Crippen LogP contribution in [-0.4, -0.2) is 48.7 Å². The third kappa shape index (κ3) is 4.81. The summed E-state index contributed by atoms with van der Waals surface area (Å²) in [5.41, 5.74) is 2.89. The summed E-state index contributed by atoms with van der Waals surface area (Å²) in [6.45, 7) is 5.60. The Balaban J connectivity index is 0.000000230. The number of rotatable bonds is 2. The van der Waals surface area contributed by atoms with Gasteiger partial charge in [-0.3, -0.25) is 0 Å². The first kappa shape index (κ1) is 20.8. The van der Waals surface area contributed by atoms with Crippen molar-refractivity contribution in [2.45, 2.75) is 32.2 Å². The minimum atomic E-state index is -0.799. The van der Waals surface area contributed by atoms with E-state index in [0.29, 0.717) is 13.2 Å². The maximum atomic E-state index is 12.4. The van der Waals surface area contributed by atoms with Gasteiger partial charge in [-0.25, -0.2) is 13.6 Å². The molecule has 160 valence electrons. The fourth-order valence-corrected chi connectivity index (χ4v) is 4.51. The molecule has 0 aromatic heterocycles. The molecule has 4 aliphatic heterocycles. The van der Waals surface area contributed by atoms with E-state index in [1.165, 1.54) is 62.2 Å². The fraction of sp³-hybridized carbons (Fsp3) is 0.458. The van der Waals surface area contributed by atoms with E-state index in [1.807, 2.05) is 11.0 Å². The summed E-state index contributed by atoms with van der Waals surface area (Å²) in [7, 11) is 0. The lowest BCUT2D eigenvalue weighted by Gasteiger charge is -2.48. The topological polar surface area (TPSA) is 32.8 Å². The number of amides is 1. The van der Waals surface area contributed by atoms with Crippen molar-refractivity contribution >= 4 is 6.09 Å². The molecule has 4 heterocycles. The molecule has 3 fully saturated rings. The molecular weight excluding hydrogens is 386 g/mol. The maximum Gasteiger partial charge on any atom is 0.410 e. The zero-order valence-corrected chi connectivity index (χ0v) is 17.2. The van der Waals surface area contributed by atoms with Crippen LogP contribution in [-0.2, 0) is 17.7 Å². The van der Waals surface area contributed by atoms with Crippen molar-refractivity contribution in [1.82, 2.24) is 9.80 Å². The highest BCUT2D eigenvalue weighted by Crippen LogP contribution is 2.40. The van der Waals surface area contributed by atoms with Gasteiger partial charge in [-0.2, -0.15) is 0 Å². The second-order valence-corrected chi connectivity index (χ2v) is 8.50. The average molecular weight is 414 g/mol. The number of carbonyl (C=O) groups excluding carboxylic acids is 1. The van der Waals surface area contributed by atoms with Crippen LogP contribution in [0.2, 0.25) is 0 Å². The number of nitrogens with zero attached hydrogens (tertiary/aromatic N) is 2. The Bertz CT molecular complexity index is 846. The Kier molecular flexibility index (Phi) is 6.32. The summed E-state index contributed by atoms with van der Waals surface area (Å²) in [6, 6.07) is 13.4. The van der Waals surface area contributed by atoms with Crippen molar-refractivity contribution in [1.29, 1.82) is 0 Å². The number of hydrogen-bond donors (Lipinski definition) is 0. The number of hydrogen-bond acceptors (Lipinski definition) is 3. The van der Waals surface area contributed by atoms with Crippen molar-refractivity contribution in [2.24, 2.45) is 5.41 Å². The highest BCUT2D eigenvalue weighted by Gasteiger charge is 2.40. The Morgan fingerprint density at radius 1 is 0.867 bits per heavy atom. The van der Waals surface area contributed by atoms with Crippen LogP contribution in [0.3, 0.4) is 0 Å². The lowest BCUT2D eigenvalue weighted by atomic mass is 9.73. The summed E-state index contributed by atoms with van der Waals surface area (Å²) >= 11 is 0. The van der Waals surface area contributed by atoms with Gasteiger partial charge in [0.05, 0.1) is 6.61 Å². The van der Waals surface area contributed by atoms with Crippen LogP contribution in [0.25, 0.3) is 0 Å². The van der Waals surface area contributed by atoms with Crippen molar-refractivity contribution in [3.8, 4) is 0 Å². The molecule has 6 rings (SSSR count). The van der Waals surface area contributed by atoms with Gasteiger partial charge in [0.2, 0.25) is 0 Å². The van der Waals surface area contributed by atoms with E-state index in [2.05, 4.69) is 23.1 Å². The summed E-state index contributed by atoms with van der Waals surface area (Å²) in [6.07, 6.45) is 4.36. The minimum Gasteiger partial charge on any atom is -0.449 e. The second-order valence-electron chi connectivity index (χ2n) is 8.50. The van der Waals surface area contributed by atoms with E-state index < -0.39 is 11.6 Å². The third-order valence-electron chi connectivity index (χ3n) is 6.59. The quantitative estimate of drug-likeness (QED) is 0.718. The average Bonchev–Trinajstić information content (AvgIpc) is 2.81. The van der Waals surface area contributed by atoms with Crippen LogP contribution in [0.5, 0.6) is 0 Å². The highest BCUT2D eigenvalue weighted by atomic mass is 19.2. The fourth-order valence-electron chi connectivity index (χ4n) is 4.51. The first-order chi connectivity index (χ1) is 14.5. The predicted octanol–water partition coefficient (Wildman–Crippen LogP) is 4.63. The summed E-state index contributed by atoms with van der Waals surface area (Å²) < 4.78 is 29.6. The van der Waals surface area contributed by atoms with Crippen LogP contribution in [0.15, 0.2) is 48.5 Å². The van der Waals surface area contributed by atoms with Crippen LogP contribution in [0.4, 0.5) is 13.6 Å². The van der Waals surface area contributed by atoms with Crippen molar-refractivity contribution < 1.29 is 18.3 Å². The molecule has 2 aromatic rings. The summed E-state index contributed by atoms with van der Waals surface area (Å²) in [5, 5.41) is 0. The second kappa shape index (κ2) is 9.13. The molecule has 30 heavy (non-hydrogen) atoms. The van der Waals surface area contributed by atoms with E-state index in [-0.39, 0.29) is 11.5 Å². The van der Waals surface area contributed by atoms with Crippen molar-refractivity contribution in [3.63, 3.8) is 0 Å². The molecule has 0 radical (unpaired) electrons. The van der Waals surface area contributed by atoms with Gasteiger partial charge in [0.15, 0.2) is 11.6 Å². The molecule has 2 aromatic carbocycles. The number of fused-ring (bicyclic) bond motifs is 4. The number of carbonyl (C=O) groups is 1. The van der Waals surface area contributed by atoms with E-state index in [4.69, 9.17) is 4.74 Å². The largest absolute Gasteiger partial charge is 0.449 e. The van der Waals surface area contributed by atoms with Gasteiger partial charge in [0.1, 0.15) is 0 Å². The van der Waals surface area contributed by atoms with Crippen LogP contribution in [0.1, 0.15) is 30.4 Å². The molecular formula is C24H28F2N2O2. The molecule has 0 atom stereocenters. The molecule has 6 heteroatoms. The highest BCUT2D eigenvalue weighted by molar-refractivity contribution is 5.68. The monoisotopic (exact) mass is 414 g/mol. The molecule has 0 unspecified atom stereocenters. The van der Waals surface area contributed by atoms with Gasteiger partial charge in [-0.15, -0.1) is 0 Å². The van der Waals surface area contributed by atoms with Crippen molar-refractivity contribution in [3.05, 3.63) is 71.3 Å². The number of benzene rings is 2. The molecule has 4 nitrogen and oxygen atoms in total. The smallest absolute Gasteiger partial charge is 0.410 e. The van der Waals surface area contributed by atoms with Crippen LogP contribution >= 0.6 is 0 Å². The van der Waals surface area contributed by atoms with Crippen molar-refractivity contribution in [2.75, 3.05) is 32.8 Å². The van der Waals surface area contributed by atoms with E-state index >= 15 is 0 Å². The van der Waals surface area contributed by atoms with Gasteiger partial charge in [0.25, 0.3) is 0 Å². The number of piperidine rings is 3. The Morgan fingerprint density at radius 3 is 2.03 bits per heavy atom. The molecule has 0 spiro atoms. The zero-order valence-electron chi connectivity index (χ0n) is 17.2. The Hall–Kier alpha value is -2.47. The molecule has 0 N–H and O–H groups in total. The summed E-state index contributed by atoms with van der Waals surface area (Å²) in [5.74, 6) is -1.60. The molecule has 4 aliphatic rings. The molecule has 0 aliphatic carbocycles. The first-order valence-electron chi connectivity index (χ1n) is 10.7. The van der Waals surface area contributed by atoms with E-state index in [1.54, 1.807) is 0 Å². The summed E-state index contributed by atoms with van der Waals surface area (Å²) in [4.78, 5) is 16.8. The lowest BCUT2D eigenvalue weighted by Crippen LogP contribution is -2.50. The van der Waals surface area contributed by atoms with Gasteiger partial charge >= 0.3 is 6.09 Å². The maximum absolute atomic E-state index is 12.4. The zero-order chi connectivity index (χ0) is 21.0. The van der Waals surface area contributed by atoms with Gasteiger partial charge in [0, 0.05) is 18.5 Å². The SMILES string of the molecule is Fc1ccccc1F.O=C(OCC12CCN(CC1)CC2)N1CCc2ccccc2C1. The standard InChI is InChI=1S/C18H24N2O2.C6H4F2/c21-17(20-9-5-15-3-1-2-4-16(15)13-20)22-14-18-6-10-19(11-7-18)12-8-18;7-5-3-1-2-4-6(5)8/h1-4H,5-14H2;1-4H. The Labute approximate surface area is 176 Å². The predicted molar refractivity (Wildman–Crippen MR) is 111 cm³/mol. The third-order valence-corrected chi connectivity index (χ3v) is 6.59.